The number of alkyl halides is 3. The van der Waals surface area contributed by atoms with Crippen LogP contribution < -0.4 is 0 Å². The standard InChI is InChI=1S/C21H22N2O2.CHF3O3S.Cu/c1-21(2,19-22-17(13-24-19)15-9-5-3-6-10-15)20-23-18(14-25-20)16-11-7-4-8-12-16;2-1(3,4)8(5,6)7;/h3-12,17-18H,13-14H2,1-2H3;(H,5,6,7);/t17-,18-;;/m1../s1. The van der Waals surface area contributed by atoms with Gasteiger partial charge in [-0.05, 0) is 25.0 Å². The fourth-order valence-electron chi connectivity index (χ4n) is 3.21. The largest absolute Gasteiger partial charge is 0.522 e. The normalized spacial score (nSPS) is 20.1. The predicted molar refractivity (Wildman–Crippen MR) is 117 cm³/mol. The topological polar surface area (TPSA) is 97.6 Å². The van der Waals surface area contributed by atoms with Gasteiger partial charge in [0.25, 0.3) is 0 Å². The summed E-state index contributed by atoms with van der Waals surface area (Å²) in [6.45, 7) is 5.26. The number of hydrogen-bond acceptors (Lipinski definition) is 6. The Balaban J connectivity index is 0.000000394. The molecule has 2 aliphatic rings. The minimum absolute atomic E-state index is 0. The van der Waals surface area contributed by atoms with E-state index in [4.69, 9.17) is 32.4 Å². The van der Waals surface area contributed by atoms with Crippen molar-refractivity contribution < 1.29 is 52.7 Å². The van der Waals surface area contributed by atoms with Gasteiger partial charge in [0.15, 0.2) is 11.8 Å². The van der Waals surface area contributed by atoms with Crippen molar-refractivity contribution in [2.24, 2.45) is 15.4 Å². The van der Waals surface area contributed by atoms with E-state index in [0.29, 0.717) is 25.0 Å². The molecule has 0 aliphatic carbocycles. The molecular weight excluding hydrogens is 525 g/mol. The minimum Gasteiger partial charge on any atom is -0.478 e. The molecule has 0 saturated heterocycles. The summed E-state index contributed by atoms with van der Waals surface area (Å²) in [5.41, 5.74) is -3.66. The van der Waals surface area contributed by atoms with Gasteiger partial charge in [-0.1, -0.05) is 60.7 Å². The van der Waals surface area contributed by atoms with E-state index in [1.54, 1.807) is 0 Å². The van der Waals surface area contributed by atoms with Crippen LogP contribution in [0.1, 0.15) is 37.1 Å². The fourth-order valence-corrected chi connectivity index (χ4v) is 3.21. The maximum atomic E-state index is 10.7. The molecule has 0 amide bonds. The first kappa shape index (κ1) is 27.8. The molecule has 34 heavy (non-hydrogen) atoms. The summed E-state index contributed by atoms with van der Waals surface area (Å²) in [7, 11) is -5.84. The fraction of sp³-hybridized carbons (Fsp3) is 0.364. The van der Waals surface area contributed by atoms with E-state index in [-0.39, 0.29) is 29.2 Å². The molecule has 1 N–H and O–H groups in total. The van der Waals surface area contributed by atoms with E-state index in [9.17, 15) is 13.2 Å². The van der Waals surface area contributed by atoms with Gasteiger partial charge in [0.2, 0.25) is 0 Å². The first-order chi connectivity index (χ1) is 15.4. The third-order valence-corrected chi connectivity index (χ3v) is 5.62. The van der Waals surface area contributed by atoms with Crippen molar-refractivity contribution >= 4 is 21.9 Å². The zero-order chi connectivity index (χ0) is 24.3. The second kappa shape index (κ2) is 10.9. The average Bonchev–Trinajstić information content (AvgIpc) is 3.45. The van der Waals surface area contributed by atoms with Crippen LogP contribution in [0.5, 0.6) is 0 Å². The Labute approximate surface area is 206 Å². The number of benzene rings is 2. The monoisotopic (exact) mass is 547 g/mol. The van der Waals surface area contributed by atoms with Gasteiger partial charge < -0.3 is 9.47 Å². The zero-order valence-electron chi connectivity index (χ0n) is 18.2. The van der Waals surface area contributed by atoms with Crippen LogP contribution in [-0.4, -0.2) is 43.5 Å². The zero-order valence-corrected chi connectivity index (χ0v) is 19.9. The summed E-state index contributed by atoms with van der Waals surface area (Å²) in [6, 6.07) is 20.6. The number of rotatable bonds is 4. The van der Waals surface area contributed by atoms with Crippen LogP contribution in [0.2, 0.25) is 0 Å². The van der Waals surface area contributed by atoms with Crippen molar-refractivity contribution in [3.63, 3.8) is 0 Å². The molecule has 0 saturated carbocycles. The Hall–Kier alpha value is -2.40. The Morgan fingerprint density at radius 2 is 1.15 bits per heavy atom. The molecule has 0 unspecified atom stereocenters. The molecule has 2 aromatic carbocycles. The van der Waals surface area contributed by atoms with Crippen LogP contribution in [0.3, 0.4) is 0 Å². The van der Waals surface area contributed by atoms with Crippen molar-refractivity contribution in [1.29, 1.82) is 0 Å². The molecule has 2 aliphatic heterocycles. The SMILES string of the molecule is CC(C)(C1=N[C@@H](c2ccccc2)CO1)C1=N[C@@H](c2ccccc2)CO1.O=S(=O)(O)C(F)(F)F.[Cu]. The van der Waals surface area contributed by atoms with Gasteiger partial charge in [-0.2, -0.15) is 21.6 Å². The molecule has 2 aromatic rings. The molecular formula is C22H23CuF3N2O5S. The summed E-state index contributed by atoms with van der Waals surface area (Å²) in [6.07, 6.45) is 0. The number of ether oxygens (including phenoxy) is 2. The maximum Gasteiger partial charge on any atom is 0.522 e. The molecule has 0 aromatic heterocycles. The van der Waals surface area contributed by atoms with Gasteiger partial charge in [-0.3, -0.25) is 4.55 Å². The number of halogens is 3. The van der Waals surface area contributed by atoms with E-state index in [2.05, 4.69) is 38.1 Å². The third-order valence-electron chi connectivity index (χ3n) is 5.03. The van der Waals surface area contributed by atoms with Crippen LogP contribution in [-0.2, 0) is 36.7 Å². The van der Waals surface area contributed by atoms with Gasteiger partial charge in [-0.15, -0.1) is 0 Å². The van der Waals surface area contributed by atoms with Crippen molar-refractivity contribution in [1.82, 2.24) is 0 Å². The van der Waals surface area contributed by atoms with Gasteiger partial charge in [0, 0.05) is 17.1 Å². The van der Waals surface area contributed by atoms with Crippen LogP contribution >= 0.6 is 0 Å². The Morgan fingerprint density at radius 3 is 1.44 bits per heavy atom. The summed E-state index contributed by atoms with van der Waals surface area (Å²) < 4.78 is 69.4. The summed E-state index contributed by atoms with van der Waals surface area (Å²) in [4.78, 5) is 9.61. The van der Waals surface area contributed by atoms with Crippen LogP contribution in [0.4, 0.5) is 13.2 Å². The molecule has 0 fully saturated rings. The van der Waals surface area contributed by atoms with Crippen molar-refractivity contribution in [2.75, 3.05) is 13.2 Å². The van der Waals surface area contributed by atoms with Crippen molar-refractivity contribution in [2.45, 2.75) is 31.4 Å². The quantitative estimate of drug-likeness (QED) is 0.339. The minimum atomic E-state index is -5.84. The molecule has 2 heterocycles. The van der Waals surface area contributed by atoms with Crippen LogP contribution in [0, 0.1) is 5.41 Å². The number of hydrogen-bond donors (Lipinski definition) is 1. The summed E-state index contributed by atoms with van der Waals surface area (Å²) in [5, 5.41) is 0. The second-order valence-corrected chi connectivity index (χ2v) is 9.30. The maximum absolute atomic E-state index is 10.7. The number of aliphatic imine (C=N–C) groups is 2. The second-order valence-electron chi connectivity index (χ2n) is 7.89. The van der Waals surface area contributed by atoms with Crippen molar-refractivity contribution in [3.8, 4) is 0 Å². The smallest absolute Gasteiger partial charge is 0.478 e. The summed E-state index contributed by atoms with van der Waals surface area (Å²) >= 11 is 0. The molecule has 1 radical (unpaired) electrons. The Kier molecular flexibility index (Phi) is 8.92. The van der Waals surface area contributed by atoms with Gasteiger partial charge >= 0.3 is 15.6 Å². The van der Waals surface area contributed by atoms with E-state index in [1.165, 1.54) is 11.1 Å². The first-order valence-electron chi connectivity index (χ1n) is 9.95. The van der Waals surface area contributed by atoms with E-state index in [0.717, 1.165) is 0 Å². The Morgan fingerprint density at radius 1 is 0.824 bits per heavy atom. The van der Waals surface area contributed by atoms with Crippen molar-refractivity contribution in [3.05, 3.63) is 71.8 Å². The molecule has 2 atom stereocenters. The summed E-state index contributed by atoms with van der Waals surface area (Å²) in [5.74, 6) is 1.41. The Bertz CT molecular complexity index is 1060. The molecule has 7 nitrogen and oxygen atoms in total. The molecule has 0 spiro atoms. The molecule has 189 valence electrons. The molecule has 4 rings (SSSR count). The predicted octanol–water partition coefficient (Wildman–Crippen LogP) is 4.74. The van der Waals surface area contributed by atoms with Gasteiger partial charge in [0.05, 0.1) is 0 Å². The van der Waals surface area contributed by atoms with Crippen LogP contribution in [0.15, 0.2) is 70.6 Å². The first-order valence-corrected chi connectivity index (χ1v) is 11.4. The molecule has 12 heteroatoms. The average molecular weight is 548 g/mol. The van der Waals surface area contributed by atoms with E-state index < -0.39 is 21.0 Å². The third kappa shape index (κ3) is 6.59. The van der Waals surface area contributed by atoms with Crippen LogP contribution in [0.25, 0.3) is 0 Å². The number of nitrogens with zero attached hydrogens (tertiary/aromatic N) is 2. The van der Waals surface area contributed by atoms with E-state index in [1.807, 2.05) is 36.4 Å². The van der Waals surface area contributed by atoms with E-state index >= 15 is 0 Å². The van der Waals surface area contributed by atoms with Gasteiger partial charge in [0.1, 0.15) is 30.7 Å². The van der Waals surface area contributed by atoms with Gasteiger partial charge in [-0.25, -0.2) is 9.98 Å². The molecule has 0 bridgehead atoms.